The third kappa shape index (κ3) is 67.5. The number of carbonyl (C=O) groups excluding carboxylic acids is 3. The normalized spacial score (nSPS) is 12.5. The molecule has 6 nitrogen and oxygen atoms in total. The Labute approximate surface area is 503 Å². The minimum atomic E-state index is -0.772. The third-order valence-electron chi connectivity index (χ3n) is 15.7. The smallest absolute Gasteiger partial charge is 0.306 e. The second kappa shape index (κ2) is 69.3. The van der Waals surface area contributed by atoms with Gasteiger partial charge in [0.1, 0.15) is 13.2 Å². The quantitative estimate of drug-likeness (QED) is 0.0261. The maximum atomic E-state index is 12.9. The van der Waals surface area contributed by atoms with Gasteiger partial charge in [-0.25, -0.2) is 0 Å². The van der Waals surface area contributed by atoms with Crippen molar-refractivity contribution in [3.63, 3.8) is 0 Å². The average Bonchev–Trinajstić information content (AvgIpc) is 3.47. The maximum Gasteiger partial charge on any atom is 0.306 e. The Hall–Kier alpha value is -3.15. The molecule has 0 heterocycles. The zero-order chi connectivity index (χ0) is 58.5. The molecule has 0 N–H and O–H groups in total. The molecule has 6 heteroatoms. The van der Waals surface area contributed by atoms with Gasteiger partial charge < -0.3 is 14.2 Å². The van der Waals surface area contributed by atoms with E-state index in [1.165, 1.54) is 238 Å². The first kappa shape index (κ1) is 77.9. The van der Waals surface area contributed by atoms with Crippen LogP contribution in [-0.4, -0.2) is 37.2 Å². The van der Waals surface area contributed by atoms with Crippen molar-refractivity contribution in [1.82, 2.24) is 0 Å². The number of esters is 3. The second-order valence-electron chi connectivity index (χ2n) is 23.8. The van der Waals surface area contributed by atoms with Gasteiger partial charge in [0.25, 0.3) is 0 Å². The second-order valence-corrected chi connectivity index (χ2v) is 23.8. The van der Waals surface area contributed by atoms with Gasteiger partial charge in [-0.2, -0.15) is 0 Å². The number of rotatable bonds is 65. The van der Waals surface area contributed by atoms with E-state index in [-0.39, 0.29) is 31.1 Å². The van der Waals surface area contributed by atoms with Crippen molar-refractivity contribution in [2.75, 3.05) is 13.2 Å². The molecule has 0 aromatic rings. The lowest BCUT2D eigenvalue weighted by Crippen LogP contribution is -2.30. The fourth-order valence-electron chi connectivity index (χ4n) is 10.4. The van der Waals surface area contributed by atoms with Crippen LogP contribution in [-0.2, 0) is 28.6 Å². The summed E-state index contributed by atoms with van der Waals surface area (Å²) in [6, 6.07) is 0. The van der Waals surface area contributed by atoms with Crippen LogP contribution in [0.25, 0.3) is 0 Å². The number of unbranched alkanes of at least 4 members (excludes halogenated alkanes) is 42. The summed E-state index contributed by atoms with van der Waals surface area (Å²) in [5.74, 6) is -0.859. The molecule has 1 atom stereocenters. The van der Waals surface area contributed by atoms with Crippen molar-refractivity contribution < 1.29 is 28.6 Å². The van der Waals surface area contributed by atoms with Crippen LogP contribution in [0.3, 0.4) is 0 Å². The Bertz CT molecular complexity index is 1490. The molecule has 0 aliphatic rings. The van der Waals surface area contributed by atoms with E-state index in [9.17, 15) is 14.4 Å². The van der Waals surface area contributed by atoms with Gasteiger partial charge in [-0.1, -0.05) is 331 Å². The number of ether oxygens (including phenoxy) is 3. The van der Waals surface area contributed by atoms with E-state index in [0.29, 0.717) is 19.3 Å². The fourth-order valence-corrected chi connectivity index (χ4v) is 10.4. The Morgan fingerprint density at radius 1 is 0.259 bits per heavy atom. The minimum Gasteiger partial charge on any atom is -0.462 e. The minimum absolute atomic E-state index is 0.0711. The van der Waals surface area contributed by atoms with E-state index in [0.717, 1.165) is 89.9 Å². The van der Waals surface area contributed by atoms with Crippen LogP contribution < -0.4 is 0 Å². The van der Waals surface area contributed by atoms with E-state index >= 15 is 0 Å². The zero-order valence-corrected chi connectivity index (χ0v) is 54.1. The number of allylic oxidation sites excluding steroid dienone is 12. The lowest BCUT2D eigenvalue weighted by atomic mass is 10.0. The van der Waals surface area contributed by atoms with Crippen molar-refractivity contribution in [2.45, 2.75) is 374 Å². The molecule has 0 aromatic carbocycles. The highest BCUT2D eigenvalue weighted by molar-refractivity contribution is 5.71. The molecule has 0 saturated heterocycles. The van der Waals surface area contributed by atoms with E-state index in [1.54, 1.807) is 0 Å². The highest BCUT2D eigenvalue weighted by Gasteiger charge is 2.19. The molecule has 0 aliphatic carbocycles. The summed E-state index contributed by atoms with van der Waals surface area (Å²) in [6.07, 6.45) is 91.1. The topological polar surface area (TPSA) is 78.9 Å². The van der Waals surface area contributed by atoms with Gasteiger partial charge in [-0.05, 0) is 89.9 Å². The van der Waals surface area contributed by atoms with Gasteiger partial charge in [0.15, 0.2) is 6.10 Å². The Morgan fingerprint density at radius 3 is 0.765 bits per heavy atom. The monoisotopic (exact) mass is 1130 g/mol. The van der Waals surface area contributed by atoms with E-state index in [1.807, 2.05) is 0 Å². The lowest BCUT2D eigenvalue weighted by molar-refractivity contribution is -0.167. The molecular weight excluding hydrogens is 997 g/mol. The highest BCUT2D eigenvalue weighted by atomic mass is 16.6. The lowest BCUT2D eigenvalue weighted by Gasteiger charge is -2.18. The van der Waals surface area contributed by atoms with E-state index in [4.69, 9.17) is 14.2 Å². The van der Waals surface area contributed by atoms with Crippen molar-refractivity contribution in [3.05, 3.63) is 72.9 Å². The van der Waals surface area contributed by atoms with E-state index < -0.39 is 6.10 Å². The summed E-state index contributed by atoms with van der Waals surface area (Å²) in [5.41, 5.74) is 0. The van der Waals surface area contributed by atoms with Gasteiger partial charge in [-0.15, -0.1) is 0 Å². The Balaban J connectivity index is 4.05. The molecule has 0 amide bonds. The summed E-state index contributed by atoms with van der Waals surface area (Å²) in [5, 5.41) is 0. The molecule has 0 radical (unpaired) electrons. The van der Waals surface area contributed by atoms with Crippen molar-refractivity contribution >= 4 is 17.9 Å². The zero-order valence-electron chi connectivity index (χ0n) is 54.1. The molecule has 1 unspecified atom stereocenters. The third-order valence-corrected chi connectivity index (χ3v) is 15.7. The molecule has 0 saturated carbocycles. The van der Waals surface area contributed by atoms with Gasteiger partial charge in [-0.3, -0.25) is 14.4 Å². The number of hydrogen-bond donors (Lipinski definition) is 0. The van der Waals surface area contributed by atoms with Crippen LogP contribution in [0, 0.1) is 0 Å². The molecule has 0 rings (SSSR count). The molecule has 470 valence electrons. The van der Waals surface area contributed by atoms with Gasteiger partial charge in [0.2, 0.25) is 0 Å². The molecule has 0 bridgehead atoms. The van der Waals surface area contributed by atoms with Crippen LogP contribution in [0.15, 0.2) is 72.9 Å². The summed E-state index contributed by atoms with van der Waals surface area (Å²) in [6.45, 7) is 6.53. The first-order chi connectivity index (χ1) is 40.0. The SMILES string of the molecule is CC/C=C\C/C=C\C/C=C\C/C=C\C/C=C\CCCCCCCCCCCCCCCC(=O)OCC(COC(=O)CCCCCCCCC)OC(=O)CCCCCCCCCCCCCCCCC/C=C\CCCCCCCCCC. The van der Waals surface area contributed by atoms with Gasteiger partial charge in [0, 0.05) is 19.3 Å². The molecule has 0 spiro atoms. The first-order valence-electron chi connectivity index (χ1n) is 35.4. The van der Waals surface area contributed by atoms with Crippen LogP contribution in [0.5, 0.6) is 0 Å². The van der Waals surface area contributed by atoms with Gasteiger partial charge >= 0.3 is 17.9 Å². The van der Waals surface area contributed by atoms with Crippen LogP contribution in [0.2, 0.25) is 0 Å². The first-order valence-corrected chi connectivity index (χ1v) is 35.4. The summed E-state index contributed by atoms with van der Waals surface area (Å²) >= 11 is 0. The summed E-state index contributed by atoms with van der Waals surface area (Å²) in [7, 11) is 0. The van der Waals surface area contributed by atoms with Crippen molar-refractivity contribution in [2.24, 2.45) is 0 Å². The van der Waals surface area contributed by atoms with Crippen molar-refractivity contribution in [3.8, 4) is 0 Å². The molecular formula is C75H134O6. The van der Waals surface area contributed by atoms with Crippen LogP contribution in [0.1, 0.15) is 367 Å². The summed E-state index contributed by atoms with van der Waals surface area (Å²) < 4.78 is 16.9. The maximum absolute atomic E-state index is 12.9. The predicted molar refractivity (Wildman–Crippen MR) is 353 cm³/mol. The summed E-state index contributed by atoms with van der Waals surface area (Å²) in [4.78, 5) is 38.2. The molecule has 0 aliphatic heterocycles. The number of hydrogen-bond acceptors (Lipinski definition) is 6. The van der Waals surface area contributed by atoms with Crippen molar-refractivity contribution in [1.29, 1.82) is 0 Å². The van der Waals surface area contributed by atoms with Crippen LogP contribution in [0.4, 0.5) is 0 Å². The predicted octanol–water partition coefficient (Wildman–Crippen LogP) is 24.4. The standard InChI is InChI=1S/C75H134O6/c1-4-7-10-13-16-18-20-22-24-26-28-30-32-34-36-37-39-40-42-44-46-48-50-52-54-56-59-62-65-68-74(77)80-71-72(70-79-73(76)67-64-61-58-15-12-9-6-3)81-75(78)69-66-63-60-57-55-53-51-49-47-45-43-41-38-35-33-31-29-27-25-23-21-19-17-14-11-8-5-2/h7,10,16,18,22,24,27-30,34,36,72H,4-6,8-9,11-15,17,19-21,23,25-26,31-33,35,37-71H2,1-3H3/b10-7-,18-16-,24-22-,29-27-,30-28-,36-34-. The van der Waals surface area contributed by atoms with Crippen LogP contribution >= 0.6 is 0 Å². The Kier molecular flexibility index (Phi) is 66.6. The Morgan fingerprint density at radius 2 is 0.481 bits per heavy atom. The molecule has 0 fully saturated rings. The number of carbonyl (C=O) groups is 3. The van der Waals surface area contributed by atoms with Gasteiger partial charge in [0.05, 0.1) is 0 Å². The average molecular weight is 1130 g/mol. The molecule has 0 aromatic heterocycles. The van der Waals surface area contributed by atoms with E-state index in [2.05, 4.69) is 93.7 Å². The highest BCUT2D eigenvalue weighted by Crippen LogP contribution is 2.18. The molecule has 81 heavy (non-hydrogen) atoms. The largest absolute Gasteiger partial charge is 0.462 e. The fraction of sp³-hybridized carbons (Fsp3) is 0.800.